The van der Waals surface area contributed by atoms with Gasteiger partial charge < -0.3 is 14.4 Å². The number of hydrogen-bond donors (Lipinski definition) is 0. The molecule has 1 aliphatic carbocycles. The first-order valence-electron chi connectivity index (χ1n) is 9.99. The molecule has 2 aliphatic rings. The van der Waals surface area contributed by atoms with Gasteiger partial charge in [0.05, 0.1) is 55.3 Å². The zero-order chi connectivity index (χ0) is 19.1. The maximum atomic E-state index is 5.55. The molecule has 0 aromatic carbocycles. The summed E-state index contributed by atoms with van der Waals surface area (Å²) in [7, 11) is 1.70. The van der Waals surface area contributed by atoms with E-state index in [0.29, 0.717) is 12.5 Å². The van der Waals surface area contributed by atoms with Crippen molar-refractivity contribution in [3.8, 4) is 11.3 Å². The molecule has 28 heavy (non-hydrogen) atoms. The van der Waals surface area contributed by atoms with Crippen LogP contribution in [0, 0.1) is 6.92 Å². The SMILES string of the molecule is COCCn1cc(-c2c(C)nc3c(N4CCOCC4)cc(C4CC4)nn23)cn1. The smallest absolute Gasteiger partial charge is 0.178 e. The summed E-state index contributed by atoms with van der Waals surface area (Å²) in [5.41, 5.74) is 6.29. The van der Waals surface area contributed by atoms with E-state index >= 15 is 0 Å². The molecule has 1 saturated carbocycles. The summed E-state index contributed by atoms with van der Waals surface area (Å²) in [6.45, 7) is 6.71. The largest absolute Gasteiger partial charge is 0.383 e. The number of rotatable bonds is 6. The second kappa shape index (κ2) is 7.18. The second-order valence-corrected chi connectivity index (χ2v) is 7.59. The number of ether oxygens (including phenoxy) is 2. The lowest BCUT2D eigenvalue weighted by molar-refractivity contribution is 0.123. The molecule has 2 fully saturated rings. The average Bonchev–Trinajstić information content (AvgIpc) is 3.38. The van der Waals surface area contributed by atoms with E-state index in [0.717, 1.165) is 55.4 Å². The van der Waals surface area contributed by atoms with Crippen LogP contribution in [0.4, 0.5) is 5.69 Å². The molecule has 0 unspecified atom stereocenters. The molecular formula is C20H26N6O2. The number of fused-ring (bicyclic) bond motifs is 1. The van der Waals surface area contributed by atoms with Gasteiger partial charge in [0.2, 0.25) is 0 Å². The standard InChI is InChI=1S/C20H26N6O2/c1-14-19(16-12-21-25(13-16)7-8-27-2)26-20(22-14)18(24-5-9-28-10-6-24)11-17(23-26)15-3-4-15/h11-13,15H,3-10H2,1-2H3. The van der Waals surface area contributed by atoms with Gasteiger partial charge in [-0.15, -0.1) is 0 Å². The molecule has 1 saturated heterocycles. The van der Waals surface area contributed by atoms with Crippen LogP contribution in [0.15, 0.2) is 18.5 Å². The molecule has 0 radical (unpaired) electrons. The number of nitrogens with zero attached hydrogens (tertiary/aromatic N) is 6. The molecule has 1 aliphatic heterocycles. The van der Waals surface area contributed by atoms with Crippen molar-refractivity contribution in [3.05, 3.63) is 29.8 Å². The van der Waals surface area contributed by atoms with E-state index in [-0.39, 0.29) is 0 Å². The summed E-state index contributed by atoms with van der Waals surface area (Å²) in [6.07, 6.45) is 6.39. The number of aromatic nitrogens is 5. The summed E-state index contributed by atoms with van der Waals surface area (Å²) >= 11 is 0. The predicted octanol–water partition coefficient (Wildman–Crippen LogP) is 2.26. The molecule has 4 heterocycles. The fourth-order valence-corrected chi connectivity index (χ4v) is 3.87. The Hall–Kier alpha value is -2.45. The number of aryl methyl sites for hydroxylation is 1. The van der Waals surface area contributed by atoms with Gasteiger partial charge in [0.1, 0.15) is 0 Å². The molecule has 0 N–H and O–H groups in total. The Labute approximate surface area is 164 Å². The highest BCUT2D eigenvalue weighted by atomic mass is 16.5. The van der Waals surface area contributed by atoms with Gasteiger partial charge in [0.15, 0.2) is 5.65 Å². The van der Waals surface area contributed by atoms with Gasteiger partial charge in [0.25, 0.3) is 0 Å². The highest BCUT2D eigenvalue weighted by molar-refractivity contribution is 5.75. The maximum Gasteiger partial charge on any atom is 0.178 e. The molecule has 8 heteroatoms. The van der Waals surface area contributed by atoms with Crippen molar-refractivity contribution in [2.24, 2.45) is 0 Å². The zero-order valence-corrected chi connectivity index (χ0v) is 16.5. The van der Waals surface area contributed by atoms with Crippen molar-refractivity contribution in [1.82, 2.24) is 24.4 Å². The van der Waals surface area contributed by atoms with E-state index < -0.39 is 0 Å². The first-order chi connectivity index (χ1) is 13.7. The second-order valence-electron chi connectivity index (χ2n) is 7.59. The molecule has 8 nitrogen and oxygen atoms in total. The van der Waals surface area contributed by atoms with E-state index in [1.54, 1.807) is 7.11 Å². The third kappa shape index (κ3) is 3.16. The molecule has 0 spiro atoms. The minimum absolute atomic E-state index is 0.573. The average molecular weight is 382 g/mol. The first-order valence-corrected chi connectivity index (χ1v) is 9.99. The van der Waals surface area contributed by atoms with Gasteiger partial charge in [-0.25, -0.2) is 9.50 Å². The Morgan fingerprint density at radius 1 is 1.25 bits per heavy atom. The zero-order valence-electron chi connectivity index (χ0n) is 16.5. The Balaban J connectivity index is 1.62. The highest BCUT2D eigenvalue weighted by Gasteiger charge is 2.29. The number of hydrogen-bond acceptors (Lipinski definition) is 6. The molecular weight excluding hydrogens is 356 g/mol. The Morgan fingerprint density at radius 2 is 2.07 bits per heavy atom. The van der Waals surface area contributed by atoms with Crippen LogP contribution in [0.3, 0.4) is 0 Å². The van der Waals surface area contributed by atoms with Crippen molar-refractivity contribution in [3.63, 3.8) is 0 Å². The van der Waals surface area contributed by atoms with Gasteiger partial charge in [-0.1, -0.05) is 0 Å². The van der Waals surface area contributed by atoms with Gasteiger partial charge in [-0.2, -0.15) is 10.2 Å². The van der Waals surface area contributed by atoms with Gasteiger partial charge in [-0.3, -0.25) is 4.68 Å². The van der Waals surface area contributed by atoms with Crippen LogP contribution in [0.5, 0.6) is 0 Å². The minimum atomic E-state index is 0.573. The number of anilines is 1. The number of imidazole rings is 1. The van der Waals surface area contributed by atoms with E-state index in [2.05, 4.69) is 29.2 Å². The quantitative estimate of drug-likeness (QED) is 0.651. The molecule has 0 atom stereocenters. The number of morpholine rings is 1. The van der Waals surface area contributed by atoms with Crippen molar-refractivity contribution >= 4 is 11.3 Å². The fraction of sp³-hybridized carbons (Fsp3) is 0.550. The third-order valence-corrected chi connectivity index (χ3v) is 5.54. The summed E-state index contributed by atoms with van der Waals surface area (Å²) in [6, 6.07) is 2.25. The lowest BCUT2D eigenvalue weighted by Crippen LogP contribution is -2.36. The van der Waals surface area contributed by atoms with Gasteiger partial charge in [0, 0.05) is 37.9 Å². The normalized spacial score (nSPS) is 17.6. The van der Waals surface area contributed by atoms with E-state index in [1.807, 2.05) is 15.4 Å². The predicted molar refractivity (Wildman–Crippen MR) is 106 cm³/mol. The fourth-order valence-electron chi connectivity index (χ4n) is 3.87. The van der Waals surface area contributed by atoms with E-state index in [9.17, 15) is 0 Å². The van der Waals surface area contributed by atoms with Crippen LogP contribution >= 0.6 is 0 Å². The summed E-state index contributed by atoms with van der Waals surface area (Å²) in [5, 5.41) is 9.48. The topological polar surface area (TPSA) is 69.7 Å². The van der Waals surface area contributed by atoms with Gasteiger partial charge >= 0.3 is 0 Å². The summed E-state index contributed by atoms with van der Waals surface area (Å²) in [4.78, 5) is 7.29. The maximum absolute atomic E-state index is 5.55. The van der Waals surface area contributed by atoms with Crippen LogP contribution < -0.4 is 4.90 Å². The van der Waals surface area contributed by atoms with Crippen LogP contribution in [-0.2, 0) is 16.0 Å². The van der Waals surface area contributed by atoms with Crippen molar-refractivity contribution in [1.29, 1.82) is 0 Å². The highest BCUT2D eigenvalue weighted by Crippen LogP contribution is 2.41. The molecule has 5 rings (SSSR count). The monoisotopic (exact) mass is 382 g/mol. The van der Waals surface area contributed by atoms with Crippen LogP contribution in [-0.4, -0.2) is 64.4 Å². The molecule has 3 aromatic heterocycles. The summed E-state index contributed by atoms with van der Waals surface area (Å²) in [5.74, 6) is 0.573. The van der Waals surface area contributed by atoms with E-state index in [4.69, 9.17) is 19.6 Å². The number of methoxy groups -OCH3 is 1. The molecule has 148 valence electrons. The van der Waals surface area contributed by atoms with Crippen molar-refractivity contribution < 1.29 is 9.47 Å². The third-order valence-electron chi connectivity index (χ3n) is 5.54. The first kappa shape index (κ1) is 17.6. The molecule has 3 aromatic rings. The Kier molecular flexibility index (Phi) is 4.52. The minimum Gasteiger partial charge on any atom is -0.383 e. The van der Waals surface area contributed by atoms with Crippen LogP contribution in [0.1, 0.15) is 30.1 Å². The van der Waals surface area contributed by atoms with Crippen LogP contribution in [0.2, 0.25) is 0 Å². The van der Waals surface area contributed by atoms with Crippen molar-refractivity contribution in [2.45, 2.75) is 32.2 Å². The lowest BCUT2D eigenvalue weighted by Gasteiger charge is -2.29. The van der Waals surface area contributed by atoms with Crippen LogP contribution in [0.25, 0.3) is 16.9 Å². The Bertz CT molecular complexity index is 984. The van der Waals surface area contributed by atoms with E-state index in [1.165, 1.54) is 24.2 Å². The Morgan fingerprint density at radius 3 is 2.82 bits per heavy atom. The summed E-state index contributed by atoms with van der Waals surface area (Å²) < 4.78 is 14.7. The van der Waals surface area contributed by atoms with Crippen molar-refractivity contribution in [2.75, 3.05) is 44.9 Å². The van der Waals surface area contributed by atoms with Gasteiger partial charge in [-0.05, 0) is 25.8 Å². The molecule has 0 bridgehead atoms. The molecule has 0 amide bonds. The lowest BCUT2D eigenvalue weighted by atomic mass is 10.2.